The van der Waals surface area contributed by atoms with Crippen LogP contribution < -0.4 is 5.32 Å². The van der Waals surface area contributed by atoms with Gasteiger partial charge in [-0.2, -0.15) is 0 Å². The van der Waals surface area contributed by atoms with Crippen LogP contribution in [0.15, 0.2) is 41.0 Å². The van der Waals surface area contributed by atoms with Gasteiger partial charge < -0.3 is 14.5 Å². The molecule has 1 amide bonds. The molecular weight excluding hydrogens is 290 g/mol. The van der Waals surface area contributed by atoms with Gasteiger partial charge in [0.05, 0.1) is 17.9 Å². The number of hydrogen-bond donors (Lipinski definition) is 1. The van der Waals surface area contributed by atoms with Crippen molar-refractivity contribution in [2.24, 2.45) is 0 Å². The van der Waals surface area contributed by atoms with Crippen molar-refractivity contribution < 1.29 is 13.9 Å². The number of carbonyl (C=O) groups is 1. The predicted octanol–water partition coefficient (Wildman–Crippen LogP) is 3.75. The molecule has 4 nitrogen and oxygen atoms in total. The second kappa shape index (κ2) is 6.78. The van der Waals surface area contributed by atoms with Crippen LogP contribution >= 0.6 is 11.6 Å². The fourth-order valence-electron chi connectivity index (χ4n) is 2.26. The van der Waals surface area contributed by atoms with E-state index in [-0.39, 0.29) is 18.1 Å². The summed E-state index contributed by atoms with van der Waals surface area (Å²) in [6, 6.07) is 8.85. The van der Waals surface area contributed by atoms with Gasteiger partial charge in [-0.05, 0) is 37.6 Å². The lowest BCUT2D eigenvalue weighted by Gasteiger charge is -2.24. The van der Waals surface area contributed by atoms with E-state index in [4.69, 9.17) is 20.8 Å². The molecule has 2 aromatic rings. The molecular formula is C16H18ClNO3. The number of ether oxygens (including phenoxy) is 1. The summed E-state index contributed by atoms with van der Waals surface area (Å²) in [4.78, 5) is 12.2. The van der Waals surface area contributed by atoms with E-state index in [2.05, 4.69) is 5.32 Å². The number of hydrogen-bond acceptors (Lipinski definition) is 3. The summed E-state index contributed by atoms with van der Waals surface area (Å²) in [7, 11) is 1.62. The summed E-state index contributed by atoms with van der Waals surface area (Å²) in [5.74, 6) is 0.421. The Hall–Kier alpha value is -1.78. The fourth-order valence-corrected chi connectivity index (χ4v) is 2.39. The smallest absolute Gasteiger partial charge is 0.255 e. The number of carbonyl (C=O) groups excluding carboxylic acids is 1. The molecule has 1 N–H and O–H groups in total. The van der Waals surface area contributed by atoms with Crippen LogP contribution in [0.5, 0.6) is 0 Å². The van der Waals surface area contributed by atoms with E-state index in [9.17, 15) is 4.79 Å². The molecule has 0 radical (unpaired) electrons. The number of amides is 1. The van der Waals surface area contributed by atoms with Crippen molar-refractivity contribution >= 4 is 17.5 Å². The maximum Gasteiger partial charge on any atom is 0.255 e. The minimum Gasteiger partial charge on any atom is -0.469 e. The molecule has 0 bridgehead atoms. The van der Waals surface area contributed by atoms with Gasteiger partial charge in [-0.15, -0.1) is 0 Å². The summed E-state index contributed by atoms with van der Waals surface area (Å²) in [5, 5.41) is 3.60. The lowest BCUT2D eigenvalue weighted by molar-refractivity contribution is 0.0644. The molecule has 1 heterocycles. The molecule has 0 fully saturated rings. The molecule has 0 aliphatic rings. The van der Waals surface area contributed by atoms with Gasteiger partial charge in [0.25, 0.3) is 5.91 Å². The molecule has 21 heavy (non-hydrogen) atoms. The van der Waals surface area contributed by atoms with Gasteiger partial charge in [-0.1, -0.05) is 23.7 Å². The second-order valence-electron chi connectivity index (χ2n) is 4.86. The second-order valence-corrected chi connectivity index (χ2v) is 5.30. The molecule has 0 spiro atoms. The zero-order valence-electron chi connectivity index (χ0n) is 12.2. The quantitative estimate of drug-likeness (QED) is 0.915. The SMILES string of the molecule is CO[C@@H](c1ccc(Cl)cc1)[C@@H](C)NC(=O)c1ccoc1C. The van der Waals surface area contributed by atoms with E-state index in [0.29, 0.717) is 16.3 Å². The Kier molecular flexibility index (Phi) is 5.04. The molecule has 0 aliphatic heterocycles. The lowest BCUT2D eigenvalue weighted by atomic mass is 10.0. The van der Waals surface area contributed by atoms with Crippen LogP contribution in [-0.4, -0.2) is 19.1 Å². The first-order valence-corrected chi connectivity index (χ1v) is 7.04. The number of benzene rings is 1. The Morgan fingerprint density at radius 3 is 2.48 bits per heavy atom. The Balaban J connectivity index is 2.10. The highest BCUT2D eigenvalue weighted by Crippen LogP contribution is 2.23. The average molecular weight is 308 g/mol. The predicted molar refractivity (Wildman–Crippen MR) is 81.6 cm³/mol. The number of nitrogens with one attached hydrogen (secondary N) is 1. The van der Waals surface area contributed by atoms with Crippen LogP contribution in [0.25, 0.3) is 0 Å². The number of methoxy groups -OCH3 is 1. The van der Waals surface area contributed by atoms with Gasteiger partial charge in [-0.25, -0.2) is 0 Å². The van der Waals surface area contributed by atoms with Crippen LogP contribution in [0.4, 0.5) is 0 Å². The van der Waals surface area contributed by atoms with Crippen LogP contribution in [0.1, 0.15) is 34.7 Å². The van der Waals surface area contributed by atoms with E-state index >= 15 is 0 Å². The molecule has 0 aliphatic carbocycles. The monoisotopic (exact) mass is 307 g/mol. The standard InChI is InChI=1S/C16H18ClNO3/c1-10(18-16(19)14-8-9-21-11(14)2)15(20-3)12-4-6-13(17)7-5-12/h4-10,15H,1-3H3,(H,18,19)/t10-,15-/m1/s1. The van der Waals surface area contributed by atoms with E-state index in [1.807, 2.05) is 19.1 Å². The molecule has 2 atom stereocenters. The molecule has 0 saturated heterocycles. The van der Waals surface area contributed by atoms with Crippen molar-refractivity contribution in [2.75, 3.05) is 7.11 Å². The Bertz CT molecular complexity index is 606. The minimum atomic E-state index is -0.251. The van der Waals surface area contributed by atoms with E-state index in [0.717, 1.165) is 5.56 Å². The largest absolute Gasteiger partial charge is 0.469 e. The van der Waals surface area contributed by atoms with Crippen molar-refractivity contribution in [2.45, 2.75) is 26.0 Å². The summed E-state index contributed by atoms with van der Waals surface area (Å²) in [6.45, 7) is 3.66. The highest BCUT2D eigenvalue weighted by Gasteiger charge is 2.22. The molecule has 1 aromatic heterocycles. The normalized spacial score (nSPS) is 13.7. The Morgan fingerprint density at radius 2 is 1.95 bits per heavy atom. The highest BCUT2D eigenvalue weighted by molar-refractivity contribution is 6.30. The first kappa shape index (κ1) is 15.6. The molecule has 5 heteroatoms. The summed E-state index contributed by atoms with van der Waals surface area (Å²) >= 11 is 5.89. The van der Waals surface area contributed by atoms with Crippen molar-refractivity contribution in [1.82, 2.24) is 5.32 Å². The zero-order chi connectivity index (χ0) is 15.4. The zero-order valence-corrected chi connectivity index (χ0v) is 13.0. The van der Waals surface area contributed by atoms with Crippen molar-refractivity contribution in [3.8, 4) is 0 Å². The van der Waals surface area contributed by atoms with Crippen molar-refractivity contribution in [3.05, 3.63) is 58.5 Å². The van der Waals surface area contributed by atoms with E-state index in [1.54, 1.807) is 32.2 Å². The molecule has 0 saturated carbocycles. The molecule has 112 valence electrons. The molecule has 1 aromatic carbocycles. The Morgan fingerprint density at radius 1 is 1.29 bits per heavy atom. The third-order valence-electron chi connectivity index (χ3n) is 3.37. The van der Waals surface area contributed by atoms with Gasteiger partial charge in [0.1, 0.15) is 11.9 Å². The minimum absolute atomic E-state index is 0.176. The van der Waals surface area contributed by atoms with Gasteiger partial charge in [0.15, 0.2) is 0 Å². The third-order valence-corrected chi connectivity index (χ3v) is 3.62. The first-order chi connectivity index (χ1) is 10.0. The summed E-state index contributed by atoms with van der Waals surface area (Å²) in [5.41, 5.74) is 1.49. The molecule has 2 rings (SSSR count). The number of aryl methyl sites for hydroxylation is 1. The topological polar surface area (TPSA) is 51.5 Å². The number of rotatable bonds is 5. The van der Waals surface area contributed by atoms with Crippen LogP contribution in [-0.2, 0) is 4.74 Å². The number of halogens is 1. The van der Waals surface area contributed by atoms with Gasteiger partial charge >= 0.3 is 0 Å². The maximum atomic E-state index is 12.2. The van der Waals surface area contributed by atoms with Gasteiger partial charge in [-0.3, -0.25) is 4.79 Å². The van der Waals surface area contributed by atoms with Gasteiger partial charge in [0, 0.05) is 12.1 Å². The maximum absolute atomic E-state index is 12.2. The van der Waals surface area contributed by atoms with Crippen molar-refractivity contribution in [1.29, 1.82) is 0 Å². The summed E-state index contributed by atoms with van der Waals surface area (Å²) in [6.07, 6.45) is 1.25. The first-order valence-electron chi connectivity index (χ1n) is 6.66. The number of furan rings is 1. The van der Waals surface area contributed by atoms with Gasteiger partial charge in [0.2, 0.25) is 0 Å². The van der Waals surface area contributed by atoms with Crippen LogP contribution in [0.3, 0.4) is 0 Å². The van der Waals surface area contributed by atoms with E-state index in [1.165, 1.54) is 6.26 Å². The van der Waals surface area contributed by atoms with Crippen LogP contribution in [0.2, 0.25) is 5.02 Å². The highest BCUT2D eigenvalue weighted by atomic mass is 35.5. The van der Waals surface area contributed by atoms with Crippen molar-refractivity contribution in [3.63, 3.8) is 0 Å². The third kappa shape index (κ3) is 3.65. The Labute approximate surface area is 129 Å². The summed E-state index contributed by atoms with van der Waals surface area (Å²) < 4.78 is 10.7. The average Bonchev–Trinajstić information content (AvgIpc) is 2.88. The lowest BCUT2D eigenvalue weighted by Crippen LogP contribution is -2.37. The van der Waals surface area contributed by atoms with E-state index < -0.39 is 0 Å². The van der Waals surface area contributed by atoms with Crippen LogP contribution in [0, 0.1) is 6.92 Å². The molecule has 0 unspecified atom stereocenters. The fraction of sp³-hybridized carbons (Fsp3) is 0.312.